The Morgan fingerprint density at radius 1 is 1.39 bits per heavy atom. The van der Waals surface area contributed by atoms with Crippen molar-refractivity contribution in [2.45, 2.75) is 19.5 Å². The summed E-state index contributed by atoms with van der Waals surface area (Å²) in [7, 11) is 0. The lowest BCUT2D eigenvalue weighted by Gasteiger charge is -2.23. The van der Waals surface area contributed by atoms with Gasteiger partial charge in [0.05, 0.1) is 6.61 Å². The van der Waals surface area contributed by atoms with Crippen LogP contribution >= 0.6 is 0 Å². The number of alkyl halides is 1. The Morgan fingerprint density at radius 2 is 2.06 bits per heavy atom. The Hall–Kier alpha value is -1.78. The number of rotatable bonds is 3. The van der Waals surface area contributed by atoms with Crippen LogP contribution in [-0.2, 0) is 15.2 Å². The van der Waals surface area contributed by atoms with E-state index in [4.69, 9.17) is 14.2 Å². The molecule has 18 heavy (non-hydrogen) atoms. The van der Waals surface area contributed by atoms with Gasteiger partial charge in [-0.1, -0.05) is 6.07 Å². The lowest BCUT2D eigenvalue weighted by molar-refractivity contribution is -0.156. The number of carbonyl (C=O) groups excluding carboxylic acids is 1. The van der Waals surface area contributed by atoms with Crippen LogP contribution < -0.4 is 9.47 Å². The summed E-state index contributed by atoms with van der Waals surface area (Å²) in [5.74, 6) is 0.110. The number of esters is 1. The maximum absolute atomic E-state index is 14.4. The van der Waals surface area contributed by atoms with Crippen molar-refractivity contribution in [3.63, 3.8) is 0 Å². The number of halogens is 1. The Bertz CT molecular complexity index is 456. The second kappa shape index (κ2) is 4.84. The first-order valence-corrected chi connectivity index (χ1v) is 5.82. The van der Waals surface area contributed by atoms with Crippen molar-refractivity contribution < 1.29 is 23.4 Å². The topological polar surface area (TPSA) is 44.8 Å². The van der Waals surface area contributed by atoms with Crippen LogP contribution in [0.5, 0.6) is 11.5 Å². The number of carbonyl (C=O) groups is 1. The Morgan fingerprint density at radius 3 is 2.72 bits per heavy atom. The molecule has 0 saturated carbocycles. The SMILES string of the molecule is CCOC(=O)C(C)(F)c1ccc2c(c1)OCCO2. The molecule has 1 aliphatic heterocycles. The molecule has 0 radical (unpaired) electrons. The van der Waals surface area contributed by atoms with E-state index in [1.807, 2.05) is 0 Å². The van der Waals surface area contributed by atoms with Gasteiger partial charge in [-0.15, -0.1) is 0 Å². The summed E-state index contributed by atoms with van der Waals surface area (Å²) in [6, 6.07) is 4.58. The lowest BCUT2D eigenvalue weighted by atomic mass is 9.97. The molecule has 0 aliphatic carbocycles. The van der Waals surface area contributed by atoms with Crippen LogP contribution in [0, 0.1) is 0 Å². The summed E-state index contributed by atoms with van der Waals surface area (Å²) in [6.45, 7) is 3.84. The Kier molecular flexibility index (Phi) is 3.41. The molecule has 0 N–H and O–H groups in total. The summed E-state index contributed by atoms with van der Waals surface area (Å²) >= 11 is 0. The molecule has 1 heterocycles. The van der Waals surface area contributed by atoms with Gasteiger partial charge in [0, 0.05) is 5.56 Å². The van der Waals surface area contributed by atoms with Crippen molar-refractivity contribution in [1.29, 1.82) is 0 Å². The molecule has 1 aliphatic rings. The molecule has 1 aromatic carbocycles. The van der Waals surface area contributed by atoms with Crippen molar-refractivity contribution >= 4 is 5.97 Å². The molecule has 98 valence electrons. The van der Waals surface area contributed by atoms with E-state index in [0.29, 0.717) is 24.7 Å². The van der Waals surface area contributed by atoms with Gasteiger partial charge in [0.15, 0.2) is 11.5 Å². The predicted octanol–water partition coefficient (Wildman–Crippen LogP) is 2.21. The molecule has 0 bridgehead atoms. The first-order valence-electron chi connectivity index (χ1n) is 5.82. The second-order valence-corrected chi connectivity index (χ2v) is 4.08. The van der Waals surface area contributed by atoms with E-state index in [9.17, 15) is 9.18 Å². The van der Waals surface area contributed by atoms with Crippen LogP contribution in [-0.4, -0.2) is 25.8 Å². The van der Waals surface area contributed by atoms with Crippen molar-refractivity contribution in [3.05, 3.63) is 23.8 Å². The van der Waals surface area contributed by atoms with Crippen LogP contribution in [0.3, 0.4) is 0 Å². The fourth-order valence-electron chi connectivity index (χ4n) is 1.72. The third-order valence-corrected chi connectivity index (χ3v) is 2.74. The number of ether oxygens (including phenoxy) is 3. The molecule has 2 rings (SSSR count). The van der Waals surface area contributed by atoms with Gasteiger partial charge in [0.1, 0.15) is 13.2 Å². The largest absolute Gasteiger partial charge is 0.486 e. The first kappa shape index (κ1) is 12.7. The van der Waals surface area contributed by atoms with Gasteiger partial charge < -0.3 is 14.2 Å². The highest BCUT2D eigenvalue weighted by Crippen LogP contribution is 2.36. The highest BCUT2D eigenvalue weighted by atomic mass is 19.1. The van der Waals surface area contributed by atoms with Gasteiger partial charge in [-0.25, -0.2) is 9.18 Å². The van der Waals surface area contributed by atoms with Crippen molar-refractivity contribution in [1.82, 2.24) is 0 Å². The minimum absolute atomic E-state index is 0.142. The maximum atomic E-state index is 14.4. The van der Waals surface area contributed by atoms with E-state index in [2.05, 4.69) is 0 Å². The Balaban J connectivity index is 2.30. The maximum Gasteiger partial charge on any atom is 0.348 e. The summed E-state index contributed by atoms with van der Waals surface area (Å²) in [4.78, 5) is 11.6. The number of hydrogen-bond donors (Lipinski definition) is 0. The van der Waals surface area contributed by atoms with E-state index >= 15 is 0 Å². The van der Waals surface area contributed by atoms with Crippen LogP contribution in [0.2, 0.25) is 0 Å². The number of hydrogen-bond acceptors (Lipinski definition) is 4. The number of benzene rings is 1. The van der Waals surface area contributed by atoms with Crippen LogP contribution in [0.4, 0.5) is 4.39 Å². The molecule has 1 unspecified atom stereocenters. The monoisotopic (exact) mass is 254 g/mol. The minimum Gasteiger partial charge on any atom is -0.486 e. The average molecular weight is 254 g/mol. The molecule has 0 fully saturated rings. The molecule has 0 spiro atoms. The molecule has 4 nitrogen and oxygen atoms in total. The van der Waals surface area contributed by atoms with E-state index in [1.165, 1.54) is 19.1 Å². The van der Waals surface area contributed by atoms with Crippen LogP contribution in [0.25, 0.3) is 0 Å². The molecular formula is C13H15FO4. The molecule has 0 aromatic heterocycles. The van der Waals surface area contributed by atoms with Gasteiger partial charge in [0.2, 0.25) is 5.67 Å². The first-order chi connectivity index (χ1) is 8.55. The van der Waals surface area contributed by atoms with Gasteiger partial charge in [-0.3, -0.25) is 0 Å². The van der Waals surface area contributed by atoms with Gasteiger partial charge in [-0.05, 0) is 26.0 Å². The molecular weight excluding hydrogens is 239 g/mol. The third kappa shape index (κ3) is 2.25. The van der Waals surface area contributed by atoms with Crippen molar-refractivity contribution in [3.8, 4) is 11.5 Å². The van der Waals surface area contributed by atoms with E-state index in [-0.39, 0.29) is 12.2 Å². The smallest absolute Gasteiger partial charge is 0.348 e. The predicted molar refractivity (Wildman–Crippen MR) is 62.5 cm³/mol. The average Bonchev–Trinajstić information content (AvgIpc) is 2.38. The standard InChI is InChI=1S/C13H15FO4/c1-3-16-12(15)13(2,14)9-4-5-10-11(8-9)18-7-6-17-10/h4-5,8H,3,6-7H2,1-2H3. The second-order valence-electron chi connectivity index (χ2n) is 4.08. The van der Waals surface area contributed by atoms with Crippen molar-refractivity contribution in [2.24, 2.45) is 0 Å². The summed E-state index contributed by atoms with van der Waals surface area (Å²) in [5.41, 5.74) is -1.99. The Labute approximate surface area is 105 Å². The third-order valence-electron chi connectivity index (χ3n) is 2.74. The molecule has 5 heteroatoms. The molecule has 1 atom stereocenters. The fourth-order valence-corrected chi connectivity index (χ4v) is 1.72. The van der Waals surface area contributed by atoms with E-state index in [0.717, 1.165) is 0 Å². The highest BCUT2D eigenvalue weighted by Gasteiger charge is 2.37. The summed E-state index contributed by atoms with van der Waals surface area (Å²) in [5, 5.41) is 0. The zero-order chi connectivity index (χ0) is 13.2. The zero-order valence-corrected chi connectivity index (χ0v) is 10.4. The zero-order valence-electron chi connectivity index (χ0n) is 10.4. The van der Waals surface area contributed by atoms with E-state index < -0.39 is 11.6 Å². The summed E-state index contributed by atoms with van der Waals surface area (Å²) < 4.78 is 29.8. The molecule has 0 amide bonds. The number of fused-ring (bicyclic) bond motifs is 1. The molecule has 0 saturated heterocycles. The quantitative estimate of drug-likeness (QED) is 0.776. The summed E-state index contributed by atoms with van der Waals surface area (Å²) in [6.07, 6.45) is 0. The van der Waals surface area contributed by atoms with Crippen LogP contribution in [0.15, 0.2) is 18.2 Å². The highest BCUT2D eigenvalue weighted by molar-refractivity contribution is 5.81. The normalized spacial score (nSPS) is 16.8. The van der Waals surface area contributed by atoms with Crippen LogP contribution in [0.1, 0.15) is 19.4 Å². The molecule has 1 aromatic rings. The lowest BCUT2D eigenvalue weighted by Crippen LogP contribution is -2.30. The van der Waals surface area contributed by atoms with Gasteiger partial charge >= 0.3 is 5.97 Å². The van der Waals surface area contributed by atoms with E-state index in [1.54, 1.807) is 13.0 Å². The van der Waals surface area contributed by atoms with Gasteiger partial charge in [0.25, 0.3) is 0 Å². The fraction of sp³-hybridized carbons (Fsp3) is 0.462. The van der Waals surface area contributed by atoms with Crippen molar-refractivity contribution in [2.75, 3.05) is 19.8 Å². The van der Waals surface area contributed by atoms with Gasteiger partial charge in [-0.2, -0.15) is 0 Å². The minimum atomic E-state index is -2.19.